The van der Waals surface area contributed by atoms with Crippen LogP contribution >= 0.6 is 0 Å². The fourth-order valence-electron chi connectivity index (χ4n) is 3.61. The maximum Gasteiger partial charge on any atom is 0.119 e. The molecular formula is C27H31NO2. The average Bonchev–Trinajstić information content (AvgIpc) is 2.79. The second-order valence-electron chi connectivity index (χ2n) is 7.31. The van der Waals surface area contributed by atoms with Gasteiger partial charge in [0, 0.05) is 6.54 Å². The predicted octanol–water partition coefficient (Wildman–Crippen LogP) is 6.09. The highest BCUT2D eigenvalue weighted by molar-refractivity contribution is 5.97. The zero-order valence-corrected chi connectivity index (χ0v) is 18.1. The van der Waals surface area contributed by atoms with E-state index >= 15 is 0 Å². The molecule has 0 saturated heterocycles. The summed E-state index contributed by atoms with van der Waals surface area (Å²) < 4.78 is 5.95. The number of aromatic hydroxyl groups is 1. The summed E-state index contributed by atoms with van der Waals surface area (Å²) in [7, 11) is 0. The zero-order chi connectivity index (χ0) is 21.3. The summed E-state index contributed by atoms with van der Waals surface area (Å²) in [6.45, 7) is 10.2. The van der Waals surface area contributed by atoms with Crippen molar-refractivity contribution in [2.45, 2.75) is 20.8 Å². The van der Waals surface area contributed by atoms with E-state index in [2.05, 4.69) is 62.1 Å². The van der Waals surface area contributed by atoms with Crippen molar-refractivity contribution in [2.75, 3.05) is 26.2 Å². The van der Waals surface area contributed by atoms with Crippen molar-refractivity contribution < 1.29 is 9.84 Å². The molecule has 0 atom stereocenters. The van der Waals surface area contributed by atoms with Crippen LogP contribution in [0.4, 0.5) is 0 Å². The van der Waals surface area contributed by atoms with Crippen molar-refractivity contribution in [2.24, 2.45) is 0 Å². The number of phenols is 1. The molecule has 3 aromatic carbocycles. The third kappa shape index (κ3) is 5.52. The van der Waals surface area contributed by atoms with Gasteiger partial charge in [0.15, 0.2) is 0 Å². The Morgan fingerprint density at radius 3 is 1.93 bits per heavy atom. The number of allylic oxidation sites excluding steroid dienone is 1. The smallest absolute Gasteiger partial charge is 0.119 e. The van der Waals surface area contributed by atoms with Crippen LogP contribution in [-0.2, 0) is 0 Å². The van der Waals surface area contributed by atoms with E-state index < -0.39 is 0 Å². The lowest BCUT2D eigenvalue weighted by atomic mass is 9.90. The molecule has 0 spiro atoms. The molecule has 0 aliphatic heterocycles. The van der Waals surface area contributed by atoms with Gasteiger partial charge < -0.3 is 14.7 Å². The van der Waals surface area contributed by atoms with Gasteiger partial charge >= 0.3 is 0 Å². The molecule has 0 amide bonds. The standard InChI is InChI=1S/C27H31NO2/c1-4-28(5-2)19-20-30-26-17-13-24(14-18-26)27(23-9-7-6-8-10-23)21(3)22-11-15-25(29)16-12-22/h6-18,29H,4-5,19-20H2,1-3H3/b27-21-. The minimum Gasteiger partial charge on any atom is -0.508 e. The van der Waals surface area contributed by atoms with Crippen LogP contribution in [-0.4, -0.2) is 36.2 Å². The molecule has 30 heavy (non-hydrogen) atoms. The van der Waals surface area contributed by atoms with Crippen LogP contribution in [0.5, 0.6) is 11.5 Å². The third-order valence-electron chi connectivity index (χ3n) is 5.45. The zero-order valence-electron chi connectivity index (χ0n) is 18.1. The molecule has 3 nitrogen and oxygen atoms in total. The summed E-state index contributed by atoms with van der Waals surface area (Å²) in [5, 5.41) is 9.65. The van der Waals surface area contributed by atoms with Gasteiger partial charge in [0.1, 0.15) is 18.1 Å². The van der Waals surface area contributed by atoms with Crippen molar-refractivity contribution in [3.63, 3.8) is 0 Å². The molecule has 0 fully saturated rings. The fraction of sp³-hybridized carbons (Fsp3) is 0.259. The highest BCUT2D eigenvalue weighted by Crippen LogP contribution is 2.33. The number of nitrogens with zero attached hydrogens (tertiary/aromatic N) is 1. The lowest BCUT2D eigenvalue weighted by molar-refractivity contribution is 0.223. The third-order valence-corrected chi connectivity index (χ3v) is 5.45. The van der Waals surface area contributed by atoms with E-state index in [-0.39, 0.29) is 5.75 Å². The van der Waals surface area contributed by atoms with Gasteiger partial charge in [-0.25, -0.2) is 0 Å². The number of ether oxygens (including phenoxy) is 1. The Bertz CT molecular complexity index is 940. The first-order valence-corrected chi connectivity index (χ1v) is 10.6. The normalized spacial score (nSPS) is 12.0. The summed E-state index contributed by atoms with van der Waals surface area (Å²) in [6.07, 6.45) is 0. The van der Waals surface area contributed by atoms with Crippen LogP contribution in [0.1, 0.15) is 37.5 Å². The summed E-state index contributed by atoms with van der Waals surface area (Å²) >= 11 is 0. The largest absolute Gasteiger partial charge is 0.508 e. The lowest BCUT2D eigenvalue weighted by Crippen LogP contribution is -2.27. The Labute approximate surface area is 180 Å². The van der Waals surface area contributed by atoms with E-state index in [1.807, 2.05) is 30.3 Å². The Kier molecular flexibility index (Phi) is 7.69. The van der Waals surface area contributed by atoms with Crippen molar-refractivity contribution in [3.8, 4) is 11.5 Å². The molecule has 0 aromatic heterocycles. The molecule has 0 heterocycles. The van der Waals surface area contributed by atoms with Gasteiger partial charge in [0.25, 0.3) is 0 Å². The summed E-state index contributed by atoms with van der Waals surface area (Å²) in [6, 6.07) is 26.1. The van der Waals surface area contributed by atoms with Crippen molar-refractivity contribution >= 4 is 11.1 Å². The average molecular weight is 402 g/mol. The molecule has 0 radical (unpaired) electrons. The van der Waals surface area contributed by atoms with E-state index in [9.17, 15) is 5.11 Å². The lowest BCUT2D eigenvalue weighted by Gasteiger charge is -2.18. The SMILES string of the molecule is CCN(CC)CCOc1ccc(/C(=C(/C)c2ccc(O)cc2)c2ccccc2)cc1. The fourth-order valence-corrected chi connectivity index (χ4v) is 3.61. The Morgan fingerprint density at radius 1 is 0.767 bits per heavy atom. The molecule has 3 heteroatoms. The van der Waals surface area contributed by atoms with Gasteiger partial charge in [-0.05, 0) is 72.1 Å². The predicted molar refractivity (Wildman–Crippen MR) is 126 cm³/mol. The van der Waals surface area contributed by atoms with Gasteiger partial charge in [0.05, 0.1) is 0 Å². The van der Waals surface area contributed by atoms with Gasteiger partial charge in [-0.15, -0.1) is 0 Å². The molecule has 0 aliphatic carbocycles. The number of hydrogen-bond donors (Lipinski definition) is 1. The number of phenolic OH excluding ortho intramolecular Hbond substituents is 1. The maximum atomic E-state index is 9.65. The number of benzene rings is 3. The Hall–Kier alpha value is -3.04. The van der Waals surface area contributed by atoms with Crippen LogP contribution in [0.2, 0.25) is 0 Å². The second-order valence-corrected chi connectivity index (χ2v) is 7.31. The van der Waals surface area contributed by atoms with Crippen molar-refractivity contribution in [3.05, 3.63) is 95.6 Å². The van der Waals surface area contributed by atoms with Gasteiger partial charge in [0.2, 0.25) is 0 Å². The van der Waals surface area contributed by atoms with Crippen molar-refractivity contribution in [1.82, 2.24) is 4.90 Å². The van der Waals surface area contributed by atoms with E-state index in [0.29, 0.717) is 6.61 Å². The molecular weight excluding hydrogens is 370 g/mol. The molecule has 3 aromatic rings. The van der Waals surface area contributed by atoms with Gasteiger partial charge in [-0.1, -0.05) is 68.4 Å². The molecule has 3 rings (SSSR count). The Balaban J connectivity index is 1.88. The van der Waals surface area contributed by atoms with E-state index in [1.165, 1.54) is 11.1 Å². The molecule has 0 bridgehead atoms. The quantitative estimate of drug-likeness (QED) is 0.440. The van der Waals surface area contributed by atoms with Gasteiger partial charge in [-0.2, -0.15) is 0 Å². The maximum absolute atomic E-state index is 9.65. The molecule has 0 unspecified atom stereocenters. The molecule has 156 valence electrons. The van der Waals surface area contributed by atoms with E-state index in [1.54, 1.807) is 12.1 Å². The summed E-state index contributed by atoms with van der Waals surface area (Å²) in [5.74, 6) is 1.17. The molecule has 0 saturated carbocycles. The second kappa shape index (κ2) is 10.7. The number of likely N-dealkylation sites (N-methyl/N-ethyl adjacent to an activating group) is 1. The number of rotatable bonds is 9. The van der Waals surface area contributed by atoms with Crippen LogP contribution < -0.4 is 4.74 Å². The van der Waals surface area contributed by atoms with Crippen LogP contribution in [0.25, 0.3) is 11.1 Å². The summed E-state index contributed by atoms with van der Waals surface area (Å²) in [4.78, 5) is 2.35. The van der Waals surface area contributed by atoms with Gasteiger partial charge in [-0.3, -0.25) is 0 Å². The minimum atomic E-state index is 0.277. The minimum absolute atomic E-state index is 0.277. The van der Waals surface area contributed by atoms with Crippen molar-refractivity contribution in [1.29, 1.82) is 0 Å². The highest BCUT2D eigenvalue weighted by Gasteiger charge is 2.11. The highest BCUT2D eigenvalue weighted by atomic mass is 16.5. The van der Waals surface area contributed by atoms with Crippen LogP contribution in [0, 0.1) is 0 Å². The number of hydrogen-bond acceptors (Lipinski definition) is 3. The topological polar surface area (TPSA) is 32.7 Å². The summed E-state index contributed by atoms with van der Waals surface area (Å²) in [5.41, 5.74) is 5.74. The van der Waals surface area contributed by atoms with Crippen LogP contribution in [0.15, 0.2) is 78.9 Å². The molecule has 1 N–H and O–H groups in total. The van der Waals surface area contributed by atoms with Crippen LogP contribution in [0.3, 0.4) is 0 Å². The first-order valence-electron chi connectivity index (χ1n) is 10.6. The Morgan fingerprint density at radius 2 is 1.33 bits per heavy atom. The van der Waals surface area contributed by atoms with E-state index in [0.717, 1.165) is 42.1 Å². The molecule has 0 aliphatic rings. The van der Waals surface area contributed by atoms with E-state index in [4.69, 9.17) is 4.74 Å². The monoisotopic (exact) mass is 401 g/mol. The first-order chi connectivity index (χ1) is 14.6. The first kappa shape index (κ1) is 21.7.